The lowest BCUT2D eigenvalue weighted by molar-refractivity contribution is 0.582. The van der Waals surface area contributed by atoms with Gasteiger partial charge in [-0.1, -0.05) is 6.07 Å². The fourth-order valence-electron chi connectivity index (χ4n) is 1.12. The van der Waals surface area contributed by atoms with Gasteiger partial charge in [-0.05, 0) is 17.9 Å². The van der Waals surface area contributed by atoms with Crippen LogP contribution in [0.1, 0.15) is 4.88 Å². The number of hydrogen-bond donors (Lipinski definition) is 2. The van der Waals surface area contributed by atoms with E-state index in [2.05, 4.69) is 21.5 Å². The predicted molar refractivity (Wildman–Crippen MR) is 63.7 cm³/mol. The van der Waals surface area contributed by atoms with E-state index >= 15 is 0 Å². The normalized spacial score (nSPS) is 11.8. The van der Waals surface area contributed by atoms with Crippen molar-refractivity contribution >= 4 is 21.4 Å². The summed E-state index contributed by atoms with van der Waals surface area (Å²) in [6.45, 7) is 1.99. The van der Waals surface area contributed by atoms with Crippen molar-refractivity contribution in [2.45, 2.75) is 6.42 Å². The van der Waals surface area contributed by atoms with Gasteiger partial charge in [-0.3, -0.25) is 0 Å². The van der Waals surface area contributed by atoms with E-state index in [4.69, 9.17) is 0 Å². The van der Waals surface area contributed by atoms with Crippen LogP contribution in [0.5, 0.6) is 0 Å². The van der Waals surface area contributed by atoms with Crippen molar-refractivity contribution in [2.24, 2.45) is 0 Å². The highest BCUT2D eigenvalue weighted by atomic mass is 32.2. The standard InChI is InChI=1S/C9H16N2O2S2/c1-15(12,13)11-7-6-10-5-4-9-3-2-8-14-9/h2-3,8,10-11H,4-7H2,1H3. The summed E-state index contributed by atoms with van der Waals surface area (Å²) in [4.78, 5) is 1.35. The maximum absolute atomic E-state index is 10.7. The van der Waals surface area contributed by atoms with Crippen molar-refractivity contribution in [1.29, 1.82) is 0 Å². The molecule has 0 aromatic carbocycles. The zero-order valence-electron chi connectivity index (χ0n) is 8.69. The lowest BCUT2D eigenvalue weighted by atomic mass is 10.3. The molecule has 0 bridgehead atoms. The fraction of sp³-hybridized carbons (Fsp3) is 0.556. The van der Waals surface area contributed by atoms with Crippen LogP contribution in [0, 0.1) is 0 Å². The van der Waals surface area contributed by atoms with E-state index in [1.807, 2.05) is 6.07 Å². The smallest absolute Gasteiger partial charge is 0.208 e. The summed E-state index contributed by atoms with van der Waals surface area (Å²) in [5.41, 5.74) is 0. The molecule has 0 atom stereocenters. The Hall–Kier alpha value is -0.430. The van der Waals surface area contributed by atoms with Crippen molar-refractivity contribution < 1.29 is 8.42 Å². The number of sulfonamides is 1. The van der Waals surface area contributed by atoms with Gasteiger partial charge in [0.1, 0.15) is 0 Å². The topological polar surface area (TPSA) is 58.2 Å². The summed E-state index contributed by atoms with van der Waals surface area (Å²) in [6.07, 6.45) is 2.16. The molecule has 0 fully saturated rings. The molecule has 1 rings (SSSR count). The van der Waals surface area contributed by atoms with Crippen LogP contribution in [0.4, 0.5) is 0 Å². The molecular weight excluding hydrogens is 232 g/mol. The molecule has 4 nitrogen and oxygen atoms in total. The van der Waals surface area contributed by atoms with Gasteiger partial charge in [-0.2, -0.15) is 0 Å². The van der Waals surface area contributed by atoms with Gasteiger partial charge in [0.2, 0.25) is 10.0 Å². The Morgan fingerprint density at radius 1 is 1.33 bits per heavy atom. The SMILES string of the molecule is CS(=O)(=O)NCCNCCc1cccs1. The first-order valence-corrected chi connectivity index (χ1v) is 7.53. The summed E-state index contributed by atoms with van der Waals surface area (Å²) < 4.78 is 23.9. The van der Waals surface area contributed by atoms with Gasteiger partial charge in [0.15, 0.2) is 0 Å². The molecular formula is C9H16N2O2S2. The molecule has 0 aliphatic carbocycles. The van der Waals surface area contributed by atoms with Gasteiger partial charge in [0, 0.05) is 24.5 Å². The number of hydrogen-bond acceptors (Lipinski definition) is 4. The molecule has 0 amide bonds. The van der Waals surface area contributed by atoms with Gasteiger partial charge < -0.3 is 5.32 Å². The Kier molecular flexibility index (Phi) is 5.24. The van der Waals surface area contributed by atoms with Gasteiger partial charge in [-0.25, -0.2) is 13.1 Å². The number of rotatable bonds is 7. The molecule has 0 saturated heterocycles. The highest BCUT2D eigenvalue weighted by molar-refractivity contribution is 7.88. The first-order valence-electron chi connectivity index (χ1n) is 4.76. The largest absolute Gasteiger partial charge is 0.315 e. The fourth-order valence-corrected chi connectivity index (χ4v) is 2.30. The van der Waals surface area contributed by atoms with E-state index < -0.39 is 10.0 Å². The minimum atomic E-state index is -3.04. The monoisotopic (exact) mass is 248 g/mol. The van der Waals surface area contributed by atoms with E-state index in [9.17, 15) is 8.42 Å². The molecule has 0 aliphatic heterocycles. The van der Waals surface area contributed by atoms with Gasteiger partial charge >= 0.3 is 0 Å². The van der Waals surface area contributed by atoms with Crippen molar-refractivity contribution in [3.8, 4) is 0 Å². The van der Waals surface area contributed by atoms with Crippen molar-refractivity contribution in [3.63, 3.8) is 0 Å². The third-order valence-corrected chi connectivity index (χ3v) is 3.46. The van der Waals surface area contributed by atoms with Crippen molar-refractivity contribution in [3.05, 3.63) is 22.4 Å². The third kappa shape index (κ3) is 6.62. The van der Waals surface area contributed by atoms with Crippen LogP contribution < -0.4 is 10.0 Å². The van der Waals surface area contributed by atoms with Crippen LogP contribution in [0.2, 0.25) is 0 Å². The van der Waals surface area contributed by atoms with Crippen LogP contribution >= 0.6 is 11.3 Å². The Morgan fingerprint density at radius 2 is 2.13 bits per heavy atom. The molecule has 0 radical (unpaired) electrons. The van der Waals surface area contributed by atoms with Crippen LogP contribution in [0.25, 0.3) is 0 Å². The zero-order chi connectivity index (χ0) is 11.1. The first kappa shape index (κ1) is 12.6. The average molecular weight is 248 g/mol. The molecule has 2 N–H and O–H groups in total. The third-order valence-electron chi connectivity index (χ3n) is 1.79. The average Bonchev–Trinajstić information content (AvgIpc) is 2.61. The maximum atomic E-state index is 10.7. The molecule has 0 aliphatic rings. The Labute approximate surface area is 94.8 Å². The summed E-state index contributed by atoms with van der Waals surface area (Å²) in [5, 5.41) is 5.23. The van der Waals surface area contributed by atoms with E-state index in [-0.39, 0.29) is 0 Å². The second kappa shape index (κ2) is 6.22. The van der Waals surface area contributed by atoms with Crippen LogP contribution in [-0.4, -0.2) is 34.3 Å². The van der Waals surface area contributed by atoms with E-state index in [1.54, 1.807) is 11.3 Å². The summed E-state index contributed by atoms with van der Waals surface area (Å²) >= 11 is 1.74. The second-order valence-electron chi connectivity index (χ2n) is 3.25. The lowest BCUT2D eigenvalue weighted by Gasteiger charge is -2.04. The molecule has 6 heteroatoms. The van der Waals surface area contributed by atoms with Crippen LogP contribution in [-0.2, 0) is 16.4 Å². The Bertz CT molecular complexity index is 359. The summed E-state index contributed by atoms with van der Waals surface area (Å²) in [6, 6.07) is 4.13. The Balaban J connectivity index is 1.99. The van der Waals surface area contributed by atoms with Crippen molar-refractivity contribution in [2.75, 3.05) is 25.9 Å². The van der Waals surface area contributed by atoms with E-state index in [0.717, 1.165) is 13.0 Å². The molecule has 1 aromatic heterocycles. The Morgan fingerprint density at radius 3 is 2.73 bits per heavy atom. The first-order chi connectivity index (χ1) is 7.08. The summed E-state index contributed by atoms with van der Waals surface area (Å²) in [7, 11) is -3.04. The highest BCUT2D eigenvalue weighted by Gasteiger charge is 1.98. The van der Waals surface area contributed by atoms with Gasteiger partial charge in [0.25, 0.3) is 0 Å². The molecule has 1 heterocycles. The van der Waals surface area contributed by atoms with Gasteiger partial charge in [-0.15, -0.1) is 11.3 Å². The maximum Gasteiger partial charge on any atom is 0.208 e. The molecule has 1 aromatic rings. The minimum absolute atomic E-state index is 0.448. The highest BCUT2D eigenvalue weighted by Crippen LogP contribution is 2.07. The molecule has 0 spiro atoms. The van der Waals surface area contributed by atoms with Gasteiger partial charge in [0.05, 0.1) is 6.26 Å². The van der Waals surface area contributed by atoms with E-state index in [0.29, 0.717) is 13.1 Å². The minimum Gasteiger partial charge on any atom is -0.315 e. The van der Waals surface area contributed by atoms with Crippen LogP contribution in [0.15, 0.2) is 17.5 Å². The summed E-state index contributed by atoms with van der Waals surface area (Å²) in [5.74, 6) is 0. The number of thiophene rings is 1. The molecule has 86 valence electrons. The molecule has 0 unspecified atom stereocenters. The molecule has 0 saturated carbocycles. The van der Waals surface area contributed by atoms with E-state index in [1.165, 1.54) is 11.1 Å². The number of nitrogens with one attached hydrogen (secondary N) is 2. The predicted octanol–water partition coefficient (Wildman–Crippen LogP) is 0.429. The second-order valence-corrected chi connectivity index (χ2v) is 6.11. The zero-order valence-corrected chi connectivity index (χ0v) is 10.3. The quantitative estimate of drug-likeness (QED) is 0.688. The van der Waals surface area contributed by atoms with Crippen molar-refractivity contribution in [1.82, 2.24) is 10.0 Å². The van der Waals surface area contributed by atoms with Crippen LogP contribution in [0.3, 0.4) is 0 Å². The molecule has 15 heavy (non-hydrogen) atoms. The lowest BCUT2D eigenvalue weighted by Crippen LogP contribution is -2.31.